The first-order chi connectivity index (χ1) is 13.8. The monoisotopic (exact) mass is 377 g/mol. The van der Waals surface area contributed by atoms with Crippen molar-refractivity contribution in [3.63, 3.8) is 0 Å². The van der Waals surface area contributed by atoms with Crippen molar-refractivity contribution in [1.29, 1.82) is 0 Å². The summed E-state index contributed by atoms with van der Waals surface area (Å²) in [5.41, 5.74) is 2.75. The van der Waals surface area contributed by atoms with Crippen LogP contribution in [0.5, 0.6) is 11.6 Å². The van der Waals surface area contributed by atoms with Gasteiger partial charge in [0.05, 0.1) is 10.9 Å². The minimum atomic E-state index is 0.517. The molecule has 1 saturated heterocycles. The van der Waals surface area contributed by atoms with Crippen LogP contribution >= 0.6 is 0 Å². The highest BCUT2D eigenvalue weighted by atomic mass is 16.5. The number of hydrogen-bond donors (Lipinski definition) is 1. The third-order valence-electron chi connectivity index (χ3n) is 5.06. The standard InChI is InChI=1S/C21H23N5O2/c1-2-25-9-11-26(12-10-25)17-5-8-19-20(13-17)22-14-23-21(19)28-18-6-3-16(4-7-18)24-15-27/h3-8,13-15H,2,9-12H2,1H3,(H,24,27). The van der Waals surface area contributed by atoms with E-state index in [0.717, 1.165) is 43.6 Å². The Balaban J connectivity index is 1.54. The van der Waals surface area contributed by atoms with Gasteiger partial charge in [0.1, 0.15) is 12.1 Å². The molecule has 0 radical (unpaired) electrons. The Morgan fingerprint density at radius 2 is 1.86 bits per heavy atom. The molecule has 7 heteroatoms. The number of ether oxygens (including phenoxy) is 1. The molecule has 4 rings (SSSR count). The zero-order valence-electron chi connectivity index (χ0n) is 15.8. The molecule has 2 heterocycles. The first-order valence-corrected chi connectivity index (χ1v) is 9.47. The number of carbonyl (C=O) groups excluding carboxylic acids is 1. The van der Waals surface area contributed by atoms with E-state index in [1.807, 2.05) is 6.07 Å². The lowest BCUT2D eigenvalue weighted by Gasteiger charge is -2.35. The summed E-state index contributed by atoms with van der Waals surface area (Å²) in [5, 5.41) is 3.47. The van der Waals surface area contributed by atoms with Crippen LogP contribution in [0, 0.1) is 0 Å². The van der Waals surface area contributed by atoms with Crippen molar-refractivity contribution in [2.75, 3.05) is 42.9 Å². The number of likely N-dealkylation sites (N-methyl/N-ethyl adjacent to an activating group) is 1. The number of rotatable bonds is 6. The Morgan fingerprint density at radius 1 is 1.07 bits per heavy atom. The van der Waals surface area contributed by atoms with Gasteiger partial charge in [0.15, 0.2) is 0 Å². The van der Waals surface area contributed by atoms with Crippen molar-refractivity contribution >= 4 is 28.7 Å². The maximum Gasteiger partial charge on any atom is 0.230 e. The minimum Gasteiger partial charge on any atom is -0.438 e. The van der Waals surface area contributed by atoms with Crippen LogP contribution in [-0.2, 0) is 4.79 Å². The largest absolute Gasteiger partial charge is 0.438 e. The summed E-state index contributed by atoms with van der Waals surface area (Å²) in [6, 6.07) is 13.4. The number of nitrogens with zero attached hydrogens (tertiary/aromatic N) is 4. The molecule has 0 saturated carbocycles. The highest BCUT2D eigenvalue weighted by Crippen LogP contribution is 2.30. The average Bonchev–Trinajstić information content (AvgIpc) is 2.75. The van der Waals surface area contributed by atoms with Crippen LogP contribution in [0.4, 0.5) is 11.4 Å². The van der Waals surface area contributed by atoms with E-state index in [1.54, 1.807) is 24.3 Å². The molecule has 0 bridgehead atoms. The summed E-state index contributed by atoms with van der Waals surface area (Å²) in [4.78, 5) is 24.1. The number of piperazine rings is 1. The van der Waals surface area contributed by atoms with Gasteiger partial charge in [-0.3, -0.25) is 4.79 Å². The third-order valence-corrected chi connectivity index (χ3v) is 5.06. The summed E-state index contributed by atoms with van der Waals surface area (Å²) in [6.07, 6.45) is 2.17. The van der Waals surface area contributed by atoms with E-state index in [-0.39, 0.29) is 0 Å². The number of fused-ring (bicyclic) bond motifs is 1. The SMILES string of the molecule is CCN1CCN(c2ccc3c(Oc4ccc(NC=O)cc4)ncnc3c2)CC1. The number of anilines is 2. The fourth-order valence-electron chi connectivity index (χ4n) is 3.42. The molecule has 0 unspecified atom stereocenters. The first kappa shape index (κ1) is 18.2. The molecule has 2 aromatic carbocycles. The predicted molar refractivity (Wildman–Crippen MR) is 110 cm³/mol. The van der Waals surface area contributed by atoms with E-state index >= 15 is 0 Å². The Bertz CT molecular complexity index is 953. The van der Waals surface area contributed by atoms with Crippen LogP contribution in [0.25, 0.3) is 10.9 Å². The molecule has 1 N–H and O–H groups in total. The highest BCUT2D eigenvalue weighted by Gasteiger charge is 2.17. The quantitative estimate of drug-likeness (QED) is 0.666. The normalized spacial score (nSPS) is 14.8. The van der Waals surface area contributed by atoms with Crippen molar-refractivity contribution in [1.82, 2.24) is 14.9 Å². The van der Waals surface area contributed by atoms with Crippen molar-refractivity contribution in [3.05, 3.63) is 48.8 Å². The van der Waals surface area contributed by atoms with E-state index < -0.39 is 0 Å². The van der Waals surface area contributed by atoms with E-state index in [0.29, 0.717) is 23.7 Å². The predicted octanol–water partition coefficient (Wildman–Crippen LogP) is 3.13. The summed E-state index contributed by atoms with van der Waals surface area (Å²) < 4.78 is 5.95. The van der Waals surface area contributed by atoms with Gasteiger partial charge in [-0.1, -0.05) is 6.92 Å². The Morgan fingerprint density at radius 3 is 2.57 bits per heavy atom. The van der Waals surface area contributed by atoms with Crippen molar-refractivity contribution in [2.45, 2.75) is 6.92 Å². The number of aromatic nitrogens is 2. The lowest BCUT2D eigenvalue weighted by molar-refractivity contribution is -0.105. The highest BCUT2D eigenvalue weighted by molar-refractivity contribution is 5.86. The number of benzene rings is 2. The summed E-state index contributed by atoms with van der Waals surface area (Å²) >= 11 is 0. The fraction of sp³-hybridized carbons (Fsp3) is 0.286. The Kier molecular flexibility index (Phi) is 5.34. The van der Waals surface area contributed by atoms with Crippen LogP contribution in [0.15, 0.2) is 48.8 Å². The molecule has 1 aliphatic heterocycles. The van der Waals surface area contributed by atoms with Gasteiger partial charge in [0.2, 0.25) is 12.3 Å². The molecule has 28 heavy (non-hydrogen) atoms. The molecule has 0 spiro atoms. The molecular formula is C21H23N5O2. The molecule has 144 valence electrons. The van der Waals surface area contributed by atoms with Crippen LogP contribution < -0.4 is 15.0 Å². The average molecular weight is 377 g/mol. The van der Waals surface area contributed by atoms with Gasteiger partial charge in [-0.05, 0) is 49.0 Å². The minimum absolute atomic E-state index is 0.517. The van der Waals surface area contributed by atoms with Gasteiger partial charge in [0.25, 0.3) is 0 Å². The molecule has 7 nitrogen and oxygen atoms in total. The topological polar surface area (TPSA) is 70.6 Å². The van der Waals surface area contributed by atoms with Crippen LogP contribution in [0.2, 0.25) is 0 Å². The molecule has 1 aliphatic rings. The molecule has 1 amide bonds. The van der Waals surface area contributed by atoms with Gasteiger partial charge < -0.3 is 19.9 Å². The van der Waals surface area contributed by atoms with E-state index in [4.69, 9.17) is 4.74 Å². The third kappa shape index (κ3) is 3.89. The number of amides is 1. The van der Waals surface area contributed by atoms with E-state index in [2.05, 4.69) is 44.1 Å². The van der Waals surface area contributed by atoms with Gasteiger partial charge in [-0.2, -0.15) is 0 Å². The van der Waals surface area contributed by atoms with Crippen LogP contribution in [0.1, 0.15) is 6.92 Å². The Labute approximate surface area is 164 Å². The molecule has 0 atom stereocenters. The second-order valence-corrected chi connectivity index (χ2v) is 6.69. The van der Waals surface area contributed by atoms with Gasteiger partial charge in [-0.15, -0.1) is 0 Å². The van der Waals surface area contributed by atoms with E-state index in [1.165, 1.54) is 12.0 Å². The number of hydrogen-bond acceptors (Lipinski definition) is 6. The first-order valence-electron chi connectivity index (χ1n) is 9.47. The summed E-state index contributed by atoms with van der Waals surface area (Å²) in [6.45, 7) is 7.52. The maximum atomic E-state index is 10.5. The molecular weight excluding hydrogens is 354 g/mol. The number of nitrogens with one attached hydrogen (secondary N) is 1. The maximum absolute atomic E-state index is 10.5. The smallest absolute Gasteiger partial charge is 0.230 e. The molecule has 1 aromatic heterocycles. The zero-order chi connectivity index (χ0) is 19.3. The van der Waals surface area contributed by atoms with Crippen LogP contribution in [0.3, 0.4) is 0 Å². The molecule has 3 aromatic rings. The van der Waals surface area contributed by atoms with Crippen molar-refractivity contribution < 1.29 is 9.53 Å². The van der Waals surface area contributed by atoms with Gasteiger partial charge in [-0.25, -0.2) is 9.97 Å². The fourth-order valence-corrected chi connectivity index (χ4v) is 3.42. The van der Waals surface area contributed by atoms with Crippen molar-refractivity contribution in [3.8, 4) is 11.6 Å². The summed E-state index contributed by atoms with van der Waals surface area (Å²) in [7, 11) is 0. The number of carbonyl (C=O) groups is 1. The van der Waals surface area contributed by atoms with E-state index in [9.17, 15) is 4.79 Å². The van der Waals surface area contributed by atoms with Gasteiger partial charge >= 0.3 is 0 Å². The van der Waals surface area contributed by atoms with Crippen LogP contribution in [-0.4, -0.2) is 54.0 Å². The lowest BCUT2D eigenvalue weighted by Crippen LogP contribution is -2.46. The Hall–Kier alpha value is -3.19. The molecule has 1 fully saturated rings. The van der Waals surface area contributed by atoms with Gasteiger partial charge in [0, 0.05) is 37.6 Å². The van der Waals surface area contributed by atoms with Crippen molar-refractivity contribution in [2.24, 2.45) is 0 Å². The second kappa shape index (κ2) is 8.22. The summed E-state index contributed by atoms with van der Waals surface area (Å²) in [5.74, 6) is 1.17. The second-order valence-electron chi connectivity index (χ2n) is 6.69. The zero-order valence-corrected chi connectivity index (χ0v) is 15.8. The lowest BCUT2D eigenvalue weighted by atomic mass is 10.2. The molecule has 0 aliphatic carbocycles.